The molecule has 4 rings (SSSR count). The van der Waals surface area contributed by atoms with E-state index in [1.54, 1.807) is 12.3 Å². The largest absolute Gasteiger partial charge is 0.380 e. The average molecular weight is 431 g/mol. The van der Waals surface area contributed by atoms with Crippen LogP contribution in [0.15, 0.2) is 72.9 Å². The van der Waals surface area contributed by atoms with E-state index in [-0.39, 0.29) is 6.54 Å². The highest BCUT2D eigenvalue weighted by Crippen LogP contribution is 2.22. The van der Waals surface area contributed by atoms with Gasteiger partial charge in [-0.1, -0.05) is 60.7 Å². The number of nitrogens with zero attached hydrogens (tertiary/aromatic N) is 2. The van der Waals surface area contributed by atoms with Crippen molar-refractivity contribution in [1.82, 2.24) is 15.2 Å². The van der Waals surface area contributed by atoms with Crippen molar-refractivity contribution in [2.24, 2.45) is 0 Å². The lowest BCUT2D eigenvalue weighted by Crippen LogP contribution is -2.50. The zero-order chi connectivity index (χ0) is 22.5. The van der Waals surface area contributed by atoms with Crippen LogP contribution < -0.4 is 5.32 Å². The Morgan fingerprint density at radius 3 is 2.44 bits per heavy atom. The minimum absolute atomic E-state index is 0.258. The summed E-state index contributed by atoms with van der Waals surface area (Å²) in [7, 11) is 1.30. The maximum Gasteiger partial charge on any atom is 0.255 e. The van der Waals surface area contributed by atoms with Crippen molar-refractivity contribution < 1.29 is 19.4 Å². The minimum atomic E-state index is -1.60. The van der Waals surface area contributed by atoms with E-state index in [9.17, 15) is 14.7 Å². The molecule has 3 aromatic rings. The first-order valence-electron chi connectivity index (χ1n) is 10.4. The van der Waals surface area contributed by atoms with E-state index in [0.29, 0.717) is 13.1 Å². The fourth-order valence-electron chi connectivity index (χ4n) is 3.79. The number of nitrogens with one attached hydrogen (secondary N) is 1. The third kappa shape index (κ3) is 4.69. The van der Waals surface area contributed by atoms with Crippen molar-refractivity contribution in [2.75, 3.05) is 7.11 Å². The summed E-state index contributed by atoms with van der Waals surface area (Å²) < 4.78 is 5.17. The van der Waals surface area contributed by atoms with E-state index in [1.165, 1.54) is 12.0 Å². The van der Waals surface area contributed by atoms with Crippen LogP contribution in [0.25, 0.3) is 11.1 Å². The summed E-state index contributed by atoms with van der Waals surface area (Å²) in [5.74, 6) is -1.10. The molecule has 164 valence electrons. The van der Waals surface area contributed by atoms with Gasteiger partial charge in [-0.05, 0) is 28.3 Å². The van der Waals surface area contributed by atoms with Gasteiger partial charge in [0.15, 0.2) is 12.2 Å². The van der Waals surface area contributed by atoms with Crippen LogP contribution in [0, 0.1) is 0 Å². The first-order chi connectivity index (χ1) is 15.6. The van der Waals surface area contributed by atoms with Gasteiger partial charge in [0.1, 0.15) is 0 Å². The zero-order valence-electron chi connectivity index (χ0n) is 17.8. The Morgan fingerprint density at radius 2 is 1.75 bits per heavy atom. The lowest BCUT2D eigenvalue weighted by molar-refractivity contribution is -0.155. The third-order valence-electron chi connectivity index (χ3n) is 5.58. The number of aliphatic hydroxyl groups excluding tert-OH is 1. The number of ether oxygens (including phenoxy) is 1. The molecule has 0 aliphatic carbocycles. The number of carbonyl (C=O) groups is 2. The van der Waals surface area contributed by atoms with Crippen LogP contribution in [0.3, 0.4) is 0 Å². The number of fused-ring (bicyclic) bond motifs is 1. The predicted molar refractivity (Wildman–Crippen MR) is 119 cm³/mol. The minimum Gasteiger partial charge on any atom is -0.380 e. The quantitative estimate of drug-likeness (QED) is 0.599. The molecule has 0 bridgehead atoms. The number of hydrogen-bond acceptors (Lipinski definition) is 5. The van der Waals surface area contributed by atoms with Crippen molar-refractivity contribution in [3.8, 4) is 11.1 Å². The number of hydrogen-bond donors (Lipinski definition) is 2. The predicted octanol–water partition coefficient (Wildman–Crippen LogP) is 2.28. The van der Waals surface area contributed by atoms with Crippen LogP contribution in [0.4, 0.5) is 0 Å². The monoisotopic (exact) mass is 431 g/mol. The van der Waals surface area contributed by atoms with Crippen LogP contribution in [-0.2, 0) is 34.0 Å². The molecule has 2 amide bonds. The highest BCUT2D eigenvalue weighted by Gasteiger charge is 2.37. The molecule has 1 aliphatic heterocycles. The first-order valence-corrected chi connectivity index (χ1v) is 10.4. The van der Waals surface area contributed by atoms with Crippen LogP contribution >= 0.6 is 0 Å². The molecule has 1 aromatic heterocycles. The van der Waals surface area contributed by atoms with Crippen LogP contribution in [0.5, 0.6) is 0 Å². The number of carbonyl (C=O) groups excluding carboxylic acids is 2. The SMILES string of the molecule is CO[C@@H](C(=O)NCc1ccc(-c2ccccc2)cc1)[C@@H](O)C(=O)N1Cc2cccnc2C1. The molecule has 7 nitrogen and oxygen atoms in total. The fraction of sp³-hybridized carbons (Fsp3) is 0.240. The van der Waals surface area contributed by atoms with Crippen molar-refractivity contribution in [3.63, 3.8) is 0 Å². The summed E-state index contributed by atoms with van der Waals surface area (Å²) in [6, 6.07) is 21.5. The number of pyridine rings is 1. The molecule has 0 saturated carbocycles. The normalized spacial score (nSPS) is 14.5. The van der Waals surface area contributed by atoms with E-state index in [2.05, 4.69) is 10.3 Å². The molecule has 1 aliphatic rings. The molecule has 2 atom stereocenters. The molecule has 2 heterocycles. The molecule has 0 radical (unpaired) electrons. The number of methoxy groups -OCH3 is 1. The molecular weight excluding hydrogens is 406 g/mol. The molecule has 7 heteroatoms. The van der Waals surface area contributed by atoms with Gasteiger partial charge in [0.2, 0.25) is 0 Å². The summed E-state index contributed by atoms with van der Waals surface area (Å²) >= 11 is 0. The Labute approximate surface area is 186 Å². The fourth-order valence-corrected chi connectivity index (χ4v) is 3.79. The van der Waals surface area contributed by atoms with Crippen LogP contribution in [0.2, 0.25) is 0 Å². The Balaban J connectivity index is 1.34. The van der Waals surface area contributed by atoms with Crippen molar-refractivity contribution >= 4 is 11.8 Å². The highest BCUT2D eigenvalue weighted by molar-refractivity contribution is 5.91. The van der Waals surface area contributed by atoms with E-state index < -0.39 is 24.0 Å². The van der Waals surface area contributed by atoms with Gasteiger partial charge < -0.3 is 20.1 Å². The van der Waals surface area contributed by atoms with Crippen molar-refractivity contribution in [3.05, 3.63) is 89.7 Å². The first kappa shape index (κ1) is 21.7. The van der Waals surface area contributed by atoms with Crippen LogP contribution in [0.1, 0.15) is 16.8 Å². The summed E-state index contributed by atoms with van der Waals surface area (Å²) in [5.41, 5.74) is 4.83. The number of aliphatic hydroxyl groups is 1. The van der Waals surface area contributed by atoms with Gasteiger partial charge in [-0.15, -0.1) is 0 Å². The Bertz CT molecular complexity index is 1060. The molecule has 32 heavy (non-hydrogen) atoms. The molecule has 0 spiro atoms. The number of aromatic nitrogens is 1. The Kier molecular flexibility index (Phi) is 6.58. The van der Waals surface area contributed by atoms with Gasteiger partial charge in [0.05, 0.1) is 12.2 Å². The van der Waals surface area contributed by atoms with Gasteiger partial charge >= 0.3 is 0 Å². The van der Waals surface area contributed by atoms with Gasteiger partial charge in [-0.25, -0.2) is 0 Å². The van der Waals surface area contributed by atoms with Gasteiger partial charge in [0, 0.05) is 26.4 Å². The van der Waals surface area contributed by atoms with E-state index in [0.717, 1.165) is 27.9 Å². The van der Waals surface area contributed by atoms with Crippen LogP contribution in [-0.4, -0.2) is 46.1 Å². The number of rotatable bonds is 7. The second kappa shape index (κ2) is 9.72. The second-order valence-corrected chi connectivity index (χ2v) is 7.69. The maximum atomic E-state index is 12.8. The summed E-state index contributed by atoms with van der Waals surface area (Å²) in [5, 5.41) is 13.3. The maximum absolute atomic E-state index is 12.8. The van der Waals surface area contributed by atoms with E-state index >= 15 is 0 Å². The van der Waals surface area contributed by atoms with E-state index in [4.69, 9.17) is 4.74 Å². The van der Waals surface area contributed by atoms with Gasteiger partial charge in [0.25, 0.3) is 11.8 Å². The molecule has 0 saturated heterocycles. The highest BCUT2D eigenvalue weighted by atomic mass is 16.5. The van der Waals surface area contributed by atoms with E-state index in [1.807, 2.05) is 60.7 Å². The average Bonchev–Trinajstić information content (AvgIpc) is 3.28. The third-order valence-corrected chi connectivity index (χ3v) is 5.58. The molecule has 0 unspecified atom stereocenters. The topological polar surface area (TPSA) is 91.8 Å². The standard InChI is InChI=1S/C25H25N3O4/c1-32-23(22(29)25(31)28-15-20-8-5-13-26-21(20)16-28)24(30)27-14-17-9-11-19(12-10-17)18-6-3-2-4-7-18/h2-13,22-23,29H,14-16H2,1H3,(H,27,30)/t22-,23-/m1/s1. The number of benzene rings is 2. The Hall–Kier alpha value is -3.55. The summed E-state index contributed by atoms with van der Waals surface area (Å²) in [6.45, 7) is 0.913. The summed E-state index contributed by atoms with van der Waals surface area (Å²) in [4.78, 5) is 31.1. The summed E-state index contributed by atoms with van der Waals surface area (Å²) in [6.07, 6.45) is -1.24. The molecular formula is C25H25N3O4. The Morgan fingerprint density at radius 1 is 1.03 bits per heavy atom. The van der Waals surface area contributed by atoms with Gasteiger partial charge in [-0.3, -0.25) is 14.6 Å². The molecule has 2 N–H and O–H groups in total. The second-order valence-electron chi connectivity index (χ2n) is 7.69. The zero-order valence-corrected chi connectivity index (χ0v) is 17.8. The van der Waals surface area contributed by atoms with Crippen molar-refractivity contribution in [2.45, 2.75) is 31.8 Å². The number of amides is 2. The smallest absolute Gasteiger partial charge is 0.255 e. The van der Waals surface area contributed by atoms with Gasteiger partial charge in [-0.2, -0.15) is 0 Å². The lowest BCUT2D eigenvalue weighted by atomic mass is 10.0. The lowest BCUT2D eigenvalue weighted by Gasteiger charge is -2.24. The molecule has 0 fully saturated rings. The molecule has 2 aromatic carbocycles. The van der Waals surface area contributed by atoms with Crippen molar-refractivity contribution in [1.29, 1.82) is 0 Å².